The number of nitrogens with one attached hydrogen (secondary N) is 1. The Morgan fingerprint density at radius 3 is 2.20 bits per heavy atom. The number of hydrogen-bond donors (Lipinski definition) is 1. The first-order valence-corrected chi connectivity index (χ1v) is 8.47. The van der Waals surface area contributed by atoms with Crippen molar-refractivity contribution in [1.29, 1.82) is 0 Å². The maximum absolute atomic E-state index is 12.1. The maximum atomic E-state index is 12.1. The number of nitrogens with zero attached hydrogens (tertiary/aromatic N) is 2. The van der Waals surface area contributed by atoms with Crippen LogP contribution in [0.4, 0.5) is 5.69 Å². The molecule has 5 nitrogen and oxygen atoms in total. The van der Waals surface area contributed by atoms with Crippen LogP contribution < -0.4 is 5.32 Å². The third-order valence-corrected chi connectivity index (χ3v) is 4.01. The third-order valence-electron chi connectivity index (χ3n) is 4.01. The van der Waals surface area contributed by atoms with Gasteiger partial charge in [0.1, 0.15) is 0 Å². The fourth-order valence-corrected chi connectivity index (χ4v) is 2.56. The van der Waals surface area contributed by atoms with Gasteiger partial charge in [0.05, 0.1) is 0 Å². The fourth-order valence-electron chi connectivity index (χ4n) is 2.56. The summed E-state index contributed by atoms with van der Waals surface area (Å²) in [4.78, 5) is 12.1. The second-order valence-corrected chi connectivity index (χ2v) is 6.03. The number of aromatic nitrogens is 2. The fraction of sp³-hybridized carbons (Fsp3) is 0.250. The minimum atomic E-state index is 0.00838. The Morgan fingerprint density at radius 1 is 1.00 bits per heavy atom. The van der Waals surface area contributed by atoms with E-state index in [0.717, 1.165) is 29.7 Å². The number of carbonyl (C=O) groups is 1. The van der Waals surface area contributed by atoms with E-state index in [1.165, 1.54) is 0 Å². The van der Waals surface area contributed by atoms with Crippen LogP contribution in [0.3, 0.4) is 0 Å². The molecule has 128 valence electrons. The Labute approximate surface area is 147 Å². The van der Waals surface area contributed by atoms with Crippen molar-refractivity contribution in [3.8, 4) is 22.9 Å². The molecule has 1 aromatic heterocycles. The van der Waals surface area contributed by atoms with Crippen LogP contribution >= 0.6 is 0 Å². The quantitative estimate of drug-likeness (QED) is 0.704. The van der Waals surface area contributed by atoms with Gasteiger partial charge in [-0.3, -0.25) is 4.79 Å². The molecule has 1 atom stereocenters. The summed E-state index contributed by atoms with van der Waals surface area (Å²) in [6.45, 7) is 4.02. The molecular formula is C20H21N3O2. The second-order valence-electron chi connectivity index (χ2n) is 6.03. The molecule has 5 heteroatoms. The van der Waals surface area contributed by atoms with Gasteiger partial charge in [-0.1, -0.05) is 38.5 Å². The zero-order chi connectivity index (χ0) is 17.6. The summed E-state index contributed by atoms with van der Waals surface area (Å²) >= 11 is 0. The van der Waals surface area contributed by atoms with Gasteiger partial charge in [-0.25, -0.2) is 0 Å². The topological polar surface area (TPSA) is 68.0 Å². The highest BCUT2D eigenvalue weighted by Crippen LogP contribution is 2.25. The Hall–Kier alpha value is -2.95. The zero-order valence-electron chi connectivity index (χ0n) is 14.4. The van der Waals surface area contributed by atoms with Gasteiger partial charge < -0.3 is 9.73 Å². The summed E-state index contributed by atoms with van der Waals surface area (Å²) in [6.07, 6.45) is 1.88. The van der Waals surface area contributed by atoms with Crippen molar-refractivity contribution < 1.29 is 9.21 Å². The summed E-state index contributed by atoms with van der Waals surface area (Å²) in [5.74, 6) is 0.991. The molecule has 3 rings (SSSR count). The molecule has 0 aliphatic rings. The predicted molar refractivity (Wildman–Crippen MR) is 97.9 cm³/mol. The number of rotatable bonds is 6. The van der Waals surface area contributed by atoms with Crippen LogP contribution in [0.25, 0.3) is 22.9 Å². The smallest absolute Gasteiger partial charge is 0.248 e. The highest BCUT2D eigenvalue weighted by Gasteiger charge is 2.13. The van der Waals surface area contributed by atoms with Crippen molar-refractivity contribution in [2.24, 2.45) is 5.92 Å². The molecular weight excluding hydrogens is 314 g/mol. The van der Waals surface area contributed by atoms with Crippen molar-refractivity contribution in [3.63, 3.8) is 0 Å². The van der Waals surface area contributed by atoms with Gasteiger partial charge >= 0.3 is 0 Å². The highest BCUT2D eigenvalue weighted by molar-refractivity contribution is 5.92. The molecule has 3 aromatic rings. The highest BCUT2D eigenvalue weighted by atomic mass is 16.4. The van der Waals surface area contributed by atoms with E-state index in [2.05, 4.69) is 22.4 Å². The Balaban J connectivity index is 1.71. The van der Waals surface area contributed by atoms with Crippen LogP contribution in [0.1, 0.15) is 26.7 Å². The van der Waals surface area contributed by atoms with Gasteiger partial charge in [0.2, 0.25) is 17.7 Å². The van der Waals surface area contributed by atoms with E-state index in [1.807, 2.05) is 61.5 Å². The molecule has 1 N–H and O–H groups in total. The molecule has 25 heavy (non-hydrogen) atoms. The van der Waals surface area contributed by atoms with Crippen LogP contribution in [0.2, 0.25) is 0 Å². The molecule has 0 saturated heterocycles. The molecule has 1 heterocycles. The van der Waals surface area contributed by atoms with E-state index >= 15 is 0 Å². The number of amides is 1. The largest absolute Gasteiger partial charge is 0.416 e. The third kappa shape index (κ3) is 4.12. The Morgan fingerprint density at radius 2 is 1.60 bits per heavy atom. The standard InChI is InChI=1S/C20H21N3O2/c1-3-7-14(2)18(24)21-17-12-10-16(11-13-17)20-23-22-19(25-20)15-8-5-4-6-9-15/h4-6,8-14H,3,7H2,1-2H3,(H,21,24)/t14-/m0/s1. The van der Waals surface area contributed by atoms with Crippen LogP contribution in [0.5, 0.6) is 0 Å². The van der Waals surface area contributed by atoms with Crippen molar-refractivity contribution in [2.75, 3.05) is 5.32 Å². The monoisotopic (exact) mass is 335 g/mol. The Bertz CT molecular complexity index is 826. The molecule has 0 unspecified atom stereocenters. The van der Waals surface area contributed by atoms with Gasteiger partial charge in [0, 0.05) is 22.7 Å². The van der Waals surface area contributed by atoms with Gasteiger partial charge in [-0.15, -0.1) is 10.2 Å². The summed E-state index contributed by atoms with van der Waals surface area (Å²) < 4.78 is 5.74. The average Bonchev–Trinajstić information content (AvgIpc) is 3.13. The number of benzene rings is 2. The Kier molecular flexibility index (Phi) is 5.23. The summed E-state index contributed by atoms with van der Waals surface area (Å²) in [5, 5.41) is 11.1. The van der Waals surface area contributed by atoms with Gasteiger partial charge in [0.25, 0.3) is 0 Å². The molecule has 0 aliphatic heterocycles. The summed E-state index contributed by atoms with van der Waals surface area (Å²) in [6, 6.07) is 17.1. The normalized spacial score (nSPS) is 11.9. The van der Waals surface area contributed by atoms with Crippen LogP contribution in [-0.2, 0) is 4.79 Å². The lowest BCUT2D eigenvalue weighted by atomic mass is 10.1. The zero-order valence-corrected chi connectivity index (χ0v) is 14.4. The van der Waals surface area contributed by atoms with E-state index in [9.17, 15) is 4.79 Å². The minimum absolute atomic E-state index is 0.00838. The van der Waals surface area contributed by atoms with Crippen molar-refractivity contribution in [1.82, 2.24) is 10.2 Å². The molecule has 0 bridgehead atoms. The maximum Gasteiger partial charge on any atom is 0.248 e. The lowest BCUT2D eigenvalue weighted by Crippen LogP contribution is -2.20. The van der Waals surface area contributed by atoms with Crippen molar-refractivity contribution in [3.05, 3.63) is 54.6 Å². The first-order valence-electron chi connectivity index (χ1n) is 8.47. The first kappa shape index (κ1) is 16.9. The van der Waals surface area contributed by atoms with Gasteiger partial charge in [-0.05, 0) is 42.8 Å². The number of anilines is 1. The minimum Gasteiger partial charge on any atom is -0.416 e. The lowest BCUT2D eigenvalue weighted by molar-refractivity contribution is -0.119. The van der Waals surface area contributed by atoms with E-state index in [-0.39, 0.29) is 11.8 Å². The van der Waals surface area contributed by atoms with Crippen LogP contribution in [0.15, 0.2) is 59.0 Å². The van der Waals surface area contributed by atoms with E-state index < -0.39 is 0 Å². The lowest BCUT2D eigenvalue weighted by Gasteiger charge is -2.11. The summed E-state index contributed by atoms with van der Waals surface area (Å²) in [5.41, 5.74) is 2.46. The van der Waals surface area contributed by atoms with Gasteiger partial charge in [-0.2, -0.15) is 0 Å². The van der Waals surface area contributed by atoms with Crippen molar-refractivity contribution in [2.45, 2.75) is 26.7 Å². The molecule has 0 spiro atoms. The molecule has 0 fully saturated rings. The first-order chi connectivity index (χ1) is 12.2. The molecule has 2 aromatic carbocycles. The van der Waals surface area contributed by atoms with Crippen molar-refractivity contribution >= 4 is 11.6 Å². The average molecular weight is 335 g/mol. The number of carbonyl (C=O) groups excluding carboxylic acids is 1. The van der Waals surface area contributed by atoms with Crippen LogP contribution in [-0.4, -0.2) is 16.1 Å². The molecule has 0 radical (unpaired) electrons. The molecule has 1 amide bonds. The predicted octanol–water partition coefficient (Wildman–Crippen LogP) is 4.78. The summed E-state index contributed by atoms with van der Waals surface area (Å²) in [7, 11) is 0. The second kappa shape index (κ2) is 7.75. The SMILES string of the molecule is CCC[C@H](C)C(=O)Nc1ccc(-c2nnc(-c3ccccc3)o2)cc1. The number of hydrogen-bond acceptors (Lipinski definition) is 4. The van der Waals surface area contributed by atoms with E-state index in [1.54, 1.807) is 0 Å². The molecule has 0 aliphatic carbocycles. The van der Waals surface area contributed by atoms with Crippen LogP contribution in [0, 0.1) is 5.92 Å². The van der Waals surface area contributed by atoms with E-state index in [0.29, 0.717) is 11.8 Å². The van der Waals surface area contributed by atoms with E-state index in [4.69, 9.17) is 4.42 Å². The molecule has 0 saturated carbocycles. The van der Waals surface area contributed by atoms with Gasteiger partial charge in [0.15, 0.2) is 0 Å².